The van der Waals surface area contributed by atoms with E-state index in [2.05, 4.69) is 0 Å². The van der Waals surface area contributed by atoms with E-state index in [-0.39, 0.29) is 5.56 Å². The molecule has 1 N–H and O–H groups in total. The maximum absolute atomic E-state index is 10.6. The first-order valence-corrected chi connectivity index (χ1v) is 3.65. The zero-order chi connectivity index (χ0) is 9.84. The van der Waals surface area contributed by atoms with Crippen LogP contribution in [0.2, 0.25) is 0 Å². The molecular weight excluding hydrogens is 698 g/mol. The molecule has 0 saturated carbocycles. The summed E-state index contributed by atoms with van der Waals surface area (Å²) in [5, 5.41) is 8.72. The molecule has 0 atom stereocenters. The Morgan fingerprint density at radius 3 is 1.73 bits per heavy atom. The largest absolute Gasteiger partial charge is 0.478 e. The molecule has 0 radical (unpaired) electrons. The van der Waals surface area contributed by atoms with Gasteiger partial charge in [0.05, 0.1) is 0 Å². The first-order chi connectivity index (χ1) is 6.17. The van der Waals surface area contributed by atoms with E-state index in [1.54, 1.807) is 6.07 Å². The minimum Gasteiger partial charge on any atom is -0.478 e. The second kappa shape index (κ2) is 4.93. The van der Waals surface area contributed by atoms with Gasteiger partial charge in [-0.1, -0.05) is 0 Å². The number of hydrogen-bond donors (Lipinski definition) is 1. The minimum absolute atomic E-state index is 0. The third-order valence-electron chi connectivity index (χ3n) is 1.61. The van der Waals surface area contributed by atoms with Crippen LogP contribution in [-0.4, -0.2) is 11.1 Å². The second-order valence-electron chi connectivity index (χ2n) is 2.53. The number of benzene rings is 1. The Hall–Kier alpha value is -3.83. The third-order valence-corrected chi connectivity index (χ3v) is 1.61. The Morgan fingerprint density at radius 1 is 1.07 bits per heavy atom. The maximum Gasteiger partial charge on any atom is 0.332 e. The number of carboxylic acid groups (broad SMARTS) is 1. The molecule has 0 fully saturated rings. The average molecular weight is 706 g/mol. The molecule has 2 nitrogen and oxygen atoms in total. The van der Waals surface area contributed by atoms with Crippen LogP contribution < -0.4 is 0 Å². The van der Waals surface area contributed by atoms with E-state index in [1.807, 2.05) is 0 Å². The molecule has 70 valence electrons. The minimum atomic E-state index is -0.994. The summed E-state index contributed by atoms with van der Waals surface area (Å²) in [6.07, 6.45) is 2.67. The monoisotopic (exact) mass is 706 g/mol. The number of aromatic carboxylic acids is 1. The molecule has 0 amide bonds. The topological polar surface area (TPSA) is 37.3 Å². The predicted molar refractivity (Wildman–Crippen MR) is 50.9 cm³/mol. The molecule has 0 heterocycles. The van der Waals surface area contributed by atoms with Gasteiger partial charge in [-0.3, -0.25) is 13.2 Å². The van der Waals surface area contributed by atoms with Crippen molar-refractivity contribution in [1.29, 1.82) is 0 Å². The van der Waals surface area contributed by atoms with Crippen LogP contribution in [0.1, 0.15) is 21.5 Å². The molecule has 1 aromatic rings. The van der Waals surface area contributed by atoms with Crippen LogP contribution in [0.15, 0.2) is 18.2 Å². The van der Waals surface area contributed by atoms with Crippen LogP contribution >= 0.6 is 0 Å². The zero-order valence-corrected chi connectivity index (χ0v) is 21.1. The molecule has 0 aromatic heterocycles. The Bertz CT molecular complexity index is 347. The first-order valence-electron chi connectivity index (χ1n) is 3.65. The Morgan fingerprint density at radius 2 is 1.47 bits per heavy atom. The normalized spacial score (nSPS) is 8.00. The summed E-state index contributed by atoms with van der Waals surface area (Å²) < 4.78 is 0. The van der Waals surface area contributed by atoms with E-state index in [0.717, 1.165) is 0 Å². The summed E-state index contributed by atoms with van der Waals surface area (Å²) in [6.45, 7) is 10.5. The van der Waals surface area contributed by atoms with Crippen molar-refractivity contribution in [2.45, 2.75) is 0 Å². The molecule has 15 heavy (non-hydrogen) atoms. The molecule has 0 aliphatic heterocycles. The fourth-order valence-corrected chi connectivity index (χ4v) is 0.992. The van der Waals surface area contributed by atoms with Crippen LogP contribution in [0.3, 0.4) is 0 Å². The number of rotatable bonds is 3. The van der Waals surface area contributed by atoms with Gasteiger partial charge in [-0.15, -0.1) is 12.1 Å². The van der Waals surface area contributed by atoms with Gasteiger partial charge in [0, 0.05) is 5.56 Å². The summed E-state index contributed by atoms with van der Waals surface area (Å²) in [7, 11) is 0. The summed E-state index contributed by atoms with van der Waals surface area (Å²) >= 11 is 0. The van der Waals surface area contributed by atoms with Crippen LogP contribution in [0.25, 0.3) is 12.2 Å². The number of carboxylic acids is 1. The fraction of sp³-hybridized carbons (Fsp3) is 0. The smallest absolute Gasteiger partial charge is 0.332 e. The maximum atomic E-state index is 10.6. The Kier molecular flexibility index (Phi) is 4.52. The van der Waals surface area contributed by atoms with Gasteiger partial charge in [-0.05, 0) is 0 Å². The molecular formula is C11H8O2Rf2-2. The number of carbonyl (C=O) groups is 1. The van der Waals surface area contributed by atoms with Gasteiger partial charge < -0.3 is 5.11 Å². The molecule has 0 saturated heterocycles. The quantitative estimate of drug-likeness (QED) is 0.491. The molecule has 4 heteroatoms. The summed E-state index contributed by atoms with van der Waals surface area (Å²) in [5.74, 6) is -0.994. The van der Waals surface area contributed by atoms with E-state index in [0.29, 0.717) is 11.1 Å². The van der Waals surface area contributed by atoms with Gasteiger partial charge in [-0.25, -0.2) is 23.0 Å². The van der Waals surface area contributed by atoms with Gasteiger partial charge in [0.2, 0.25) is 0 Å². The van der Waals surface area contributed by atoms with E-state index in [9.17, 15) is 4.79 Å². The molecule has 1 aromatic carbocycles. The van der Waals surface area contributed by atoms with Gasteiger partial charge in [-0.2, -0.15) is 11.1 Å². The van der Waals surface area contributed by atoms with Gasteiger partial charge in [0.1, 0.15) is 0 Å². The average Bonchev–Trinajstić information content (AvgIpc) is 2.16. The van der Waals surface area contributed by atoms with Crippen molar-refractivity contribution in [3.63, 3.8) is 0 Å². The van der Waals surface area contributed by atoms with Crippen LogP contribution in [-0.2, 0) is 0 Å². The molecule has 0 bridgehead atoms. The van der Waals surface area contributed by atoms with E-state index < -0.39 is 5.97 Å². The second-order valence-corrected chi connectivity index (χ2v) is 2.53. The van der Waals surface area contributed by atoms with Crippen LogP contribution in [0, 0.1) is 13.2 Å². The van der Waals surface area contributed by atoms with Gasteiger partial charge in [0.25, 0.3) is 0 Å². The Balaban J connectivity index is 0. The molecule has 0 unspecified atom stereocenters. The van der Waals surface area contributed by atoms with Crippen molar-refractivity contribution < 1.29 is 9.90 Å². The SMILES string of the molecule is [CH-]=Cc1cc(C=[CH-])cc(C(=O)O)c1.[Rf].[Rf]. The van der Waals surface area contributed by atoms with Crippen molar-refractivity contribution in [3.8, 4) is 0 Å². The summed E-state index contributed by atoms with van der Waals surface area (Å²) in [6, 6.07) is 4.66. The molecule has 0 aliphatic carbocycles. The number of hydrogen-bond acceptors (Lipinski definition) is 1. The zero-order valence-electron chi connectivity index (χ0n) is 8.31. The van der Waals surface area contributed by atoms with Crippen molar-refractivity contribution in [3.05, 3.63) is 48.0 Å². The van der Waals surface area contributed by atoms with Crippen molar-refractivity contribution in [1.82, 2.24) is 0 Å². The Labute approximate surface area is 76.8 Å². The van der Waals surface area contributed by atoms with Crippen molar-refractivity contribution >= 4 is 18.1 Å². The summed E-state index contributed by atoms with van der Waals surface area (Å²) in [5.41, 5.74) is 1.45. The van der Waals surface area contributed by atoms with E-state index >= 15 is 0 Å². The fourth-order valence-electron chi connectivity index (χ4n) is 0.992. The summed E-state index contributed by atoms with van der Waals surface area (Å²) in [4.78, 5) is 10.6. The standard InChI is InChI=1S/C11H8O2.2Rf/c1-3-8-5-9(4-2)7-10(6-8)11(12)13;;/h1-7H,(H,12,13);;/q-2;;. The first kappa shape index (κ1) is 13.7. The van der Waals surface area contributed by atoms with Gasteiger partial charge in [0.15, 0.2) is 0 Å². The van der Waals surface area contributed by atoms with E-state index in [1.165, 1.54) is 24.3 Å². The van der Waals surface area contributed by atoms with Crippen LogP contribution in [0.4, 0.5) is 0 Å². The van der Waals surface area contributed by atoms with Gasteiger partial charge >= 0.3 is 5.97 Å². The van der Waals surface area contributed by atoms with Crippen molar-refractivity contribution in [2.24, 2.45) is 0 Å². The molecule has 0 aliphatic rings. The molecule has 1 rings (SSSR count). The molecule has 0 spiro atoms. The van der Waals surface area contributed by atoms with E-state index in [4.69, 9.17) is 18.3 Å². The van der Waals surface area contributed by atoms with Crippen LogP contribution in [0.5, 0.6) is 0 Å². The third kappa shape index (κ3) is 2.60. The predicted octanol–water partition coefficient (Wildman–Crippen LogP) is 2.28. The van der Waals surface area contributed by atoms with Crippen molar-refractivity contribution in [2.75, 3.05) is 0 Å².